The minimum atomic E-state index is -0.449. The van der Waals surface area contributed by atoms with Gasteiger partial charge >= 0.3 is 5.97 Å². The smallest absolute Gasteiger partial charge is 0.348 e. The normalized spacial score (nSPS) is 44.0. The van der Waals surface area contributed by atoms with Crippen molar-refractivity contribution < 1.29 is 14.3 Å². The molecule has 6 atom stereocenters. The number of ether oxygens (including phenoxy) is 1. The van der Waals surface area contributed by atoms with Crippen LogP contribution in [0.3, 0.4) is 0 Å². The number of carbonyl (C=O) groups is 2. The van der Waals surface area contributed by atoms with Gasteiger partial charge in [-0.05, 0) is 93.0 Å². The molecule has 0 radical (unpaired) electrons. The Hall–Kier alpha value is -1.63. The molecule has 4 heteroatoms. The molecule has 4 aliphatic carbocycles. The molecule has 4 fully saturated rings. The summed E-state index contributed by atoms with van der Waals surface area (Å²) in [6.07, 6.45) is 9.19. The van der Waals surface area contributed by atoms with Gasteiger partial charge in [0.05, 0.1) is 6.61 Å². The van der Waals surface area contributed by atoms with Gasteiger partial charge in [-0.3, -0.25) is 4.79 Å². The largest absolute Gasteiger partial charge is 0.462 e. The van der Waals surface area contributed by atoms with Crippen molar-refractivity contribution in [3.63, 3.8) is 0 Å². The van der Waals surface area contributed by atoms with E-state index in [1.165, 1.54) is 12.8 Å². The number of ketones is 1. The van der Waals surface area contributed by atoms with Crippen LogP contribution in [-0.4, -0.2) is 18.4 Å². The maximum atomic E-state index is 12.6. The van der Waals surface area contributed by atoms with Crippen LogP contribution in [-0.2, 0) is 14.3 Å². The molecular formula is C24H33NO3. The lowest BCUT2D eigenvalue weighted by atomic mass is 9.45. The molecule has 0 amide bonds. The van der Waals surface area contributed by atoms with E-state index < -0.39 is 5.97 Å². The van der Waals surface area contributed by atoms with Crippen LogP contribution in [0.1, 0.15) is 78.6 Å². The molecule has 4 nitrogen and oxygen atoms in total. The Morgan fingerprint density at radius 1 is 1.14 bits per heavy atom. The predicted octanol–water partition coefficient (Wildman–Crippen LogP) is 4.98. The van der Waals surface area contributed by atoms with Gasteiger partial charge in [0.15, 0.2) is 0 Å². The lowest BCUT2D eigenvalue weighted by molar-refractivity contribution is -0.138. The van der Waals surface area contributed by atoms with Crippen molar-refractivity contribution in [2.45, 2.75) is 78.6 Å². The van der Waals surface area contributed by atoms with Crippen LogP contribution >= 0.6 is 0 Å². The number of Topliss-reactive ketones (excluding diaryl/α,β-unsaturated/α-hetero) is 1. The first-order chi connectivity index (χ1) is 13.3. The minimum absolute atomic E-state index is 0.0675. The van der Waals surface area contributed by atoms with E-state index in [1.54, 1.807) is 6.92 Å². The van der Waals surface area contributed by atoms with E-state index >= 15 is 0 Å². The summed E-state index contributed by atoms with van der Waals surface area (Å²) in [5.74, 6) is 2.53. The fourth-order valence-electron chi connectivity index (χ4n) is 7.55. The second-order valence-electron chi connectivity index (χ2n) is 10.1. The van der Waals surface area contributed by atoms with E-state index in [0.717, 1.165) is 50.5 Å². The third-order valence-corrected chi connectivity index (χ3v) is 9.18. The number of rotatable bonds is 2. The molecule has 4 rings (SSSR count). The number of allylic oxidation sites excluding steroid dienone is 1. The molecule has 0 aliphatic heterocycles. The van der Waals surface area contributed by atoms with Crippen molar-refractivity contribution in [2.24, 2.45) is 34.5 Å². The highest BCUT2D eigenvalue weighted by atomic mass is 16.5. The first-order valence-electron chi connectivity index (χ1n) is 11.2. The molecule has 0 aromatic heterocycles. The molecule has 28 heavy (non-hydrogen) atoms. The van der Waals surface area contributed by atoms with E-state index in [1.807, 2.05) is 0 Å². The molecular weight excluding hydrogens is 350 g/mol. The number of hydrogen-bond donors (Lipinski definition) is 0. The van der Waals surface area contributed by atoms with Crippen LogP contribution in [0.25, 0.3) is 0 Å². The Morgan fingerprint density at radius 3 is 2.64 bits per heavy atom. The van der Waals surface area contributed by atoms with Crippen molar-refractivity contribution in [1.82, 2.24) is 0 Å². The van der Waals surface area contributed by atoms with E-state index in [9.17, 15) is 14.9 Å². The van der Waals surface area contributed by atoms with Gasteiger partial charge in [-0.25, -0.2) is 4.79 Å². The Morgan fingerprint density at radius 2 is 1.93 bits per heavy atom. The predicted molar refractivity (Wildman–Crippen MR) is 106 cm³/mol. The minimum Gasteiger partial charge on any atom is -0.462 e. The Bertz CT molecular complexity index is 762. The van der Waals surface area contributed by atoms with Gasteiger partial charge in [0.2, 0.25) is 0 Å². The van der Waals surface area contributed by atoms with Gasteiger partial charge in [0, 0.05) is 11.8 Å². The van der Waals surface area contributed by atoms with Gasteiger partial charge in [-0.2, -0.15) is 5.26 Å². The summed E-state index contributed by atoms with van der Waals surface area (Å²) in [6, 6.07) is 2.13. The summed E-state index contributed by atoms with van der Waals surface area (Å²) in [6.45, 7) is 6.78. The van der Waals surface area contributed by atoms with E-state index in [4.69, 9.17) is 4.74 Å². The molecule has 0 heterocycles. The van der Waals surface area contributed by atoms with Gasteiger partial charge in [0.25, 0.3) is 0 Å². The average molecular weight is 384 g/mol. The molecule has 0 spiro atoms. The zero-order chi connectivity index (χ0) is 20.1. The van der Waals surface area contributed by atoms with E-state index in [0.29, 0.717) is 36.1 Å². The molecule has 0 saturated heterocycles. The second kappa shape index (κ2) is 7.01. The fourth-order valence-corrected chi connectivity index (χ4v) is 7.55. The van der Waals surface area contributed by atoms with Crippen LogP contribution in [0.2, 0.25) is 0 Å². The summed E-state index contributed by atoms with van der Waals surface area (Å²) in [5.41, 5.74) is 1.47. The molecule has 0 bridgehead atoms. The zero-order valence-corrected chi connectivity index (χ0v) is 17.6. The molecule has 0 aromatic carbocycles. The molecule has 4 saturated carbocycles. The Labute approximate surface area is 168 Å². The number of fused-ring (bicyclic) bond motifs is 5. The van der Waals surface area contributed by atoms with Crippen LogP contribution in [0.4, 0.5) is 0 Å². The lowest BCUT2D eigenvalue weighted by Crippen LogP contribution is -2.53. The molecule has 0 aromatic rings. The number of esters is 1. The van der Waals surface area contributed by atoms with Crippen molar-refractivity contribution in [3.05, 3.63) is 11.1 Å². The number of nitriles is 1. The quantitative estimate of drug-likeness (QED) is 0.383. The Kier molecular flexibility index (Phi) is 4.92. The highest BCUT2D eigenvalue weighted by molar-refractivity contribution is 5.93. The summed E-state index contributed by atoms with van der Waals surface area (Å²) >= 11 is 0. The highest BCUT2D eigenvalue weighted by Gasteiger charge is 2.60. The third kappa shape index (κ3) is 2.77. The second-order valence-corrected chi connectivity index (χ2v) is 10.1. The number of carbonyl (C=O) groups excluding carboxylic acids is 2. The fraction of sp³-hybridized carbons (Fsp3) is 0.792. The van der Waals surface area contributed by atoms with Crippen molar-refractivity contribution in [1.29, 1.82) is 5.26 Å². The van der Waals surface area contributed by atoms with Crippen LogP contribution in [0.15, 0.2) is 11.1 Å². The average Bonchev–Trinajstić information content (AvgIpc) is 2.98. The Balaban J connectivity index is 1.58. The van der Waals surface area contributed by atoms with Crippen LogP contribution < -0.4 is 0 Å². The van der Waals surface area contributed by atoms with Gasteiger partial charge in [-0.15, -0.1) is 0 Å². The van der Waals surface area contributed by atoms with Crippen molar-refractivity contribution in [3.8, 4) is 6.07 Å². The topological polar surface area (TPSA) is 67.2 Å². The van der Waals surface area contributed by atoms with Crippen LogP contribution in [0, 0.1) is 45.8 Å². The number of nitrogens with zero attached hydrogens (tertiary/aromatic N) is 1. The lowest BCUT2D eigenvalue weighted by Gasteiger charge is -2.59. The summed E-state index contributed by atoms with van der Waals surface area (Å²) in [5, 5.41) is 9.54. The van der Waals surface area contributed by atoms with Gasteiger partial charge in [0.1, 0.15) is 17.4 Å². The van der Waals surface area contributed by atoms with Crippen molar-refractivity contribution >= 4 is 11.8 Å². The highest BCUT2D eigenvalue weighted by Crippen LogP contribution is 2.65. The summed E-state index contributed by atoms with van der Waals surface area (Å²) < 4.78 is 5.11. The maximum absolute atomic E-state index is 12.6. The monoisotopic (exact) mass is 383 g/mol. The molecule has 6 unspecified atom stereocenters. The first kappa shape index (κ1) is 19.7. The van der Waals surface area contributed by atoms with E-state index in [2.05, 4.69) is 19.9 Å². The van der Waals surface area contributed by atoms with Gasteiger partial charge < -0.3 is 4.74 Å². The maximum Gasteiger partial charge on any atom is 0.348 e. The molecule has 152 valence electrons. The van der Waals surface area contributed by atoms with Gasteiger partial charge in [-0.1, -0.05) is 13.8 Å². The molecule has 0 N–H and O–H groups in total. The SMILES string of the molecule is CCOC(=O)/C(C#N)=C1/CCC2(C)C(CCC3C4CCC(=O)C4(C)CCC32)C1. The standard InChI is InChI=1S/C24H33NO3/c1-4-28-22(27)18(14-25)15-9-11-23(2)16(13-15)5-6-17-19-7-8-21(26)24(19,3)12-10-20(17)23/h16-17,19-20H,4-13H2,1-3H3/b18-15-. The first-order valence-corrected chi connectivity index (χ1v) is 11.2. The van der Waals surface area contributed by atoms with E-state index in [-0.39, 0.29) is 16.4 Å². The molecule has 4 aliphatic rings. The summed E-state index contributed by atoms with van der Waals surface area (Å²) in [4.78, 5) is 24.8. The number of hydrogen-bond acceptors (Lipinski definition) is 4. The summed E-state index contributed by atoms with van der Waals surface area (Å²) in [7, 11) is 0. The van der Waals surface area contributed by atoms with Crippen LogP contribution in [0.5, 0.6) is 0 Å². The zero-order valence-electron chi connectivity index (χ0n) is 17.6. The third-order valence-electron chi connectivity index (χ3n) is 9.18. The van der Waals surface area contributed by atoms with Crippen molar-refractivity contribution in [2.75, 3.05) is 6.61 Å².